The van der Waals surface area contributed by atoms with Crippen molar-refractivity contribution in [3.63, 3.8) is 0 Å². The lowest BCUT2D eigenvalue weighted by Gasteiger charge is -2.34. The number of carbonyl (C=O) groups excluding carboxylic acids is 1. The average Bonchev–Trinajstić information content (AvgIpc) is 3.20. The number of fused-ring (bicyclic) bond motifs is 1. The second-order valence-electron chi connectivity index (χ2n) is 6.25. The van der Waals surface area contributed by atoms with Gasteiger partial charge >= 0.3 is 0 Å². The van der Waals surface area contributed by atoms with E-state index in [1.54, 1.807) is 0 Å². The molecule has 6 nitrogen and oxygen atoms in total. The summed E-state index contributed by atoms with van der Waals surface area (Å²) in [5.74, 6) is 0.743. The highest BCUT2D eigenvalue weighted by Crippen LogP contribution is 2.30. The highest BCUT2D eigenvalue weighted by Gasteiger charge is 2.30. The molecule has 0 N–H and O–H groups in total. The van der Waals surface area contributed by atoms with Crippen LogP contribution in [0.3, 0.4) is 0 Å². The van der Waals surface area contributed by atoms with Crippen LogP contribution in [0.15, 0.2) is 23.7 Å². The van der Waals surface area contributed by atoms with Gasteiger partial charge in [-0.25, -0.2) is 0 Å². The Morgan fingerprint density at radius 2 is 2.29 bits per heavy atom. The third-order valence-electron chi connectivity index (χ3n) is 4.20. The maximum atomic E-state index is 13.0. The Bertz CT molecular complexity index is 694. The summed E-state index contributed by atoms with van der Waals surface area (Å²) < 4.78 is 7.66. The van der Waals surface area contributed by atoms with E-state index in [4.69, 9.17) is 4.74 Å². The first-order valence-electron chi connectivity index (χ1n) is 8.26. The van der Waals surface area contributed by atoms with E-state index >= 15 is 0 Å². The minimum atomic E-state index is 0.0516. The van der Waals surface area contributed by atoms with Crippen LogP contribution in [0.1, 0.15) is 34.8 Å². The Kier molecular flexibility index (Phi) is 5.20. The summed E-state index contributed by atoms with van der Waals surface area (Å²) in [5, 5.41) is 6.37. The molecule has 0 spiro atoms. The van der Waals surface area contributed by atoms with Gasteiger partial charge < -0.3 is 14.5 Å². The van der Waals surface area contributed by atoms with Crippen molar-refractivity contribution in [1.82, 2.24) is 19.6 Å². The van der Waals surface area contributed by atoms with Crippen LogP contribution in [-0.2, 0) is 6.54 Å². The molecule has 1 atom stereocenters. The van der Waals surface area contributed by atoms with Gasteiger partial charge in [0.05, 0.1) is 24.9 Å². The summed E-state index contributed by atoms with van der Waals surface area (Å²) >= 11 is 1.45. The molecule has 1 amide bonds. The number of hydrogen-bond acceptors (Lipinski definition) is 5. The fourth-order valence-corrected chi connectivity index (χ4v) is 3.83. The van der Waals surface area contributed by atoms with Gasteiger partial charge in [0.1, 0.15) is 10.6 Å². The van der Waals surface area contributed by atoms with Crippen molar-refractivity contribution in [3.05, 3.63) is 34.3 Å². The Balaban J connectivity index is 1.79. The Labute approximate surface area is 146 Å². The number of amides is 1. The summed E-state index contributed by atoms with van der Waals surface area (Å²) in [6, 6.07) is 4.09. The third-order valence-corrected chi connectivity index (χ3v) is 5.09. The van der Waals surface area contributed by atoms with E-state index in [9.17, 15) is 4.79 Å². The molecule has 0 saturated carbocycles. The molecule has 24 heavy (non-hydrogen) atoms. The predicted octanol–water partition coefficient (Wildman–Crippen LogP) is 2.49. The van der Waals surface area contributed by atoms with Gasteiger partial charge in [0.25, 0.3) is 5.91 Å². The largest absolute Gasteiger partial charge is 0.492 e. The summed E-state index contributed by atoms with van der Waals surface area (Å²) in [7, 11) is 4.13. The SMILES string of the molecule is CCOc1ccsc1C(=O)N1Cc2ccnn2C(CCN(C)C)C1. The fourth-order valence-electron chi connectivity index (χ4n) is 3.03. The number of ether oxygens (including phenoxy) is 1. The van der Waals surface area contributed by atoms with Crippen LogP contribution in [0.25, 0.3) is 0 Å². The van der Waals surface area contributed by atoms with Crippen molar-refractivity contribution in [3.8, 4) is 5.75 Å². The highest BCUT2D eigenvalue weighted by atomic mass is 32.1. The van der Waals surface area contributed by atoms with E-state index in [1.165, 1.54) is 11.3 Å². The van der Waals surface area contributed by atoms with E-state index in [1.807, 2.05) is 35.5 Å². The second-order valence-corrected chi connectivity index (χ2v) is 7.16. The topological polar surface area (TPSA) is 50.6 Å². The Morgan fingerprint density at radius 3 is 3.04 bits per heavy atom. The van der Waals surface area contributed by atoms with E-state index < -0.39 is 0 Å². The van der Waals surface area contributed by atoms with Crippen LogP contribution in [0.2, 0.25) is 0 Å². The summed E-state index contributed by atoms with van der Waals surface area (Å²) in [6.07, 6.45) is 2.79. The zero-order valence-corrected chi connectivity index (χ0v) is 15.3. The summed E-state index contributed by atoms with van der Waals surface area (Å²) in [4.78, 5) is 17.8. The molecule has 0 bridgehead atoms. The van der Waals surface area contributed by atoms with Gasteiger partial charge in [-0.1, -0.05) is 0 Å². The van der Waals surface area contributed by atoms with E-state index in [-0.39, 0.29) is 11.9 Å². The van der Waals surface area contributed by atoms with E-state index in [2.05, 4.69) is 28.8 Å². The molecule has 1 aliphatic heterocycles. The van der Waals surface area contributed by atoms with E-state index in [0.717, 1.165) is 18.7 Å². The van der Waals surface area contributed by atoms with Gasteiger partial charge in [0.2, 0.25) is 0 Å². The van der Waals surface area contributed by atoms with Crippen LogP contribution in [0.5, 0.6) is 5.75 Å². The Hall–Kier alpha value is -1.86. The van der Waals surface area contributed by atoms with Crippen LogP contribution >= 0.6 is 11.3 Å². The first-order chi connectivity index (χ1) is 11.6. The van der Waals surface area contributed by atoms with Crippen LogP contribution in [0, 0.1) is 0 Å². The molecule has 1 aliphatic rings. The van der Waals surface area contributed by atoms with Gasteiger partial charge in [-0.15, -0.1) is 11.3 Å². The molecule has 2 aromatic heterocycles. The van der Waals surface area contributed by atoms with Crippen molar-refractivity contribution in [2.75, 3.05) is 33.8 Å². The smallest absolute Gasteiger partial charge is 0.268 e. The molecule has 130 valence electrons. The molecule has 0 radical (unpaired) electrons. The molecule has 1 unspecified atom stereocenters. The predicted molar refractivity (Wildman–Crippen MR) is 94.7 cm³/mol. The van der Waals surface area contributed by atoms with Crippen molar-refractivity contribution in [2.45, 2.75) is 25.9 Å². The minimum Gasteiger partial charge on any atom is -0.492 e. The van der Waals surface area contributed by atoms with Gasteiger partial charge in [0, 0.05) is 12.7 Å². The molecular formula is C17H24N4O2S. The summed E-state index contributed by atoms with van der Waals surface area (Å²) in [6.45, 7) is 4.75. The van der Waals surface area contributed by atoms with Crippen molar-refractivity contribution < 1.29 is 9.53 Å². The number of nitrogens with zero attached hydrogens (tertiary/aromatic N) is 4. The van der Waals surface area contributed by atoms with Crippen molar-refractivity contribution in [1.29, 1.82) is 0 Å². The molecule has 3 rings (SSSR count). The highest BCUT2D eigenvalue weighted by molar-refractivity contribution is 7.12. The van der Waals surface area contributed by atoms with Gasteiger partial charge in [-0.05, 0) is 51.5 Å². The normalized spacial score (nSPS) is 17.2. The number of hydrogen-bond donors (Lipinski definition) is 0. The molecule has 0 fully saturated rings. The fraction of sp³-hybridized carbons (Fsp3) is 0.529. The first-order valence-corrected chi connectivity index (χ1v) is 9.14. The van der Waals surface area contributed by atoms with E-state index in [0.29, 0.717) is 30.3 Å². The molecule has 0 saturated heterocycles. The maximum Gasteiger partial charge on any atom is 0.268 e. The summed E-state index contributed by atoms with van der Waals surface area (Å²) in [5.41, 5.74) is 1.09. The standard InChI is InChI=1S/C17H24N4O2S/c1-4-23-15-7-10-24-16(15)17(22)20-11-13-5-8-18-21(13)14(12-20)6-9-19(2)3/h5,7-8,10,14H,4,6,9,11-12H2,1-3H3. The van der Waals surface area contributed by atoms with Crippen molar-refractivity contribution in [2.24, 2.45) is 0 Å². The number of thiophene rings is 1. The quantitative estimate of drug-likeness (QED) is 0.805. The maximum absolute atomic E-state index is 13.0. The van der Waals surface area contributed by atoms with Crippen LogP contribution in [-0.4, -0.2) is 59.3 Å². The second kappa shape index (κ2) is 7.36. The van der Waals surface area contributed by atoms with Gasteiger partial charge in [-0.3, -0.25) is 9.48 Å². The Morgan fingerprint density at radius 1 is 1.46 bits per heavy atom. The van der Waals surface area contributed by atoms with Crippen molar-refractivity contribution >= 4 is 17.2 Å². The average molecular weight is 348 g/mol. The number of carbonyl (C=O) groups is 1. The molecule has 0 aliphatic carbocycles. The van der Waals surface area contributed by atoms with Crippen LogP contribution in [0.4, 0.5) is 0 Å². The molecule has 2 aromatic rings. The third kappa shape index (κ3) is 3.47. The monoisotopic (exact) mass is 348 g/mol. The van der Waals surface area contributed by atoms with Gasteiger partial charge in [-0.2, -0.15) is 5.10 Å². The number of aromatic nitrogens is 2. The molecule has 3 heterocycles. The minimum absolute atomic E-state index is 0.0516. The lowest BCUT2D eigenvalue weighted by atomic mass is 10.1. The van der Waals surface area contributed by atoms with Crippen LogP contribution < -0.4 is 4.74 Å². The zero-order valence-electron chi connectivity index (χ0n) is 14.4. The molecular weight excluding hydrogens is 324 g/mol. The molecule has 0 aromatic carbocycles. The lowest BCUT2D eigenvalue weighted by molar-refractivity contribution is 0.0661. The number of rotatable bonds is 6. The molecule has 7 heteroatoms. The zero-order chi connectivity index (χ0) is 17.1. The first kappa shape index (κ1) is 17.0. The lowest BCUT2D eigenvalue weighted by Crippen LogP contribution is -2.42. The van der Waals surface area contributed by atoms with Gasteiger partial charge in [0.15, 0.2) is 0 Å².